The first kappa shape index (κ1) is 15.4. The quantitative estimate of drug-likeness (QED) is 0.869. The predicted molar refractivity (Wildman–Crippen MR) is 76.2 cm³/mol. The third kappa shape index (κ3) is 4.03. The fraction of sp³-hybridized carbons (Fsp3) is 0.625. The second-order valence-corrected chi connectivity index (χ2v) is 5.28. The molecular weight excluding hydrogens is 256 g/mol. The third-order valence-corrected chi connectivity index (χ3v) is 3.91. The highest BCUT2D eigenvalue weighted by atomic mass is 16.7. The largest absolute Gasteiger partial charge is 0.396 e. The molecule has 1 heterocycles. The summed E-state index contributed by atoms with van der Waals surface area (Å²) in [6.45, 7) is 2.83. The minimum Gasteiger partial charge on any atom is -0.396 e. The minimum atomic E-state index is -0.247. The predicted octanol–water partition coefficient (Wildman–Crippen LogP) is 2.35. The van der Waals surface area contributed by atoms with E-state index in [0.717, 1.165) is 6.42 Å². The van der Waals surface area contributed by atoms with E-state index in [-0.39, 0.29) is 31.0 Å². The maximum Gasteiger partial charge on any atom is 0.160 e. The van der Waals surface area contributed by atoms with Crippen LogP contribution in [0.1, 0.15) is 25.3 Å². The van der Waals surface area contributed by atoms with Gasteiger partial charge in [-0.05, 0) is 12.0 Å². The summed E-state index contributed by atoms with van der Waals surface area (Å²) in [5, 5.41) is 9.13. The Morgan fingerprint density at radius 3 is 2.70 bits per heavy atom. The van der Waals surface area contributed by atoms with Crippen LogP contribution in [0.2, 0.25) is 0 Å². The number of benzene rings is 1. The van der Waals surface area contributed by atoms with Gasteiger partial charge in [-0.2, -0.15) is 0 Å². The van der Waals surface area contributed by atoms with E-state index < -0.39 is 0 Å². The van der Waals surface area contributed by atoms with E-state index in [0.29, 0.717) is 13.0 Å². The topological polar surface area (TPSA) is 47.9 Å². The van der Waals surface area contributed by atoms with Crippen molar-refractivity contribution in [2.45, 2.75) is 44.9 Å². The lowest BCUT2D eigenvalue weighted by Crippen LogP contribution is -2.45. The molecule has 4 heteroatoms. The molecule has 1 saturated heterocycles. The van der Waals surface area contributed by atoms with Crippen LogP contribution >= 0.6 is 0 Å². The van der Waals surface area contributed by atoms with Gasteiger partial charge in [0.15, 0.2) is 6.29 Å². The van der Waals surface area contributed by atoms with Gasteiger partial charge in [-0.3, -0.25) is 0 Å². The van der Waals surface area contributed by atoms with Gasteiger partial charge in [-0.25, -0.2) is 0 Å². The molecule has 0 saturated carbocycles. The molecule has 0 unspecified atom stereocenters. The SMILES string of the molecule is CO[C@H]1C[C@H](OCc2ccccc2)[C@@H](C)[C@@H](CCO)O1. The first-order valence-electron chi connectivity index (χ1n) is 7.19. The Kier molecular flexibility index (Phi) is 5.98. The fourth-order valence-corrected chi connectivity index (χ4v) is 2.63. The summed E-state index contributed by atoms with van der Waals surface area (Å²) in [6.07, 6.45) is 1.17. The molecule has 1 aliphatic rings. The second-order valence-electron chi connectivity index (χ2n) is 5.28. The molecule has 1 aliphatic heterocycles. The van der Waals surface area contributed by atoms with Gasteiger partial charge in [0.05, 0.1) is 18.8 Å². The van der Waals surface area contributed by atoms with Gasteiger partial charge in [0.25, 0.3) is 0 Å². The van der Waals surface area contributed by atoms with Crippen molar-refractivity contribution < 1.29 is 19.3 Å². The molecule has 1 aromatic rings. The average Bonchev–Trinajstić information content (AvgIpc) is 2.49. The summed E-state index contributed by atoms with van der Waals surface area (Å²) in [5.74, 6) is 0.247. The zero-order valence-electron chi connectivity index (χ0n) is 12.2. The van der Waals surface area contributed by atoms with Crippen LogP contribution in [0, 0.1) is 5.92 Å². The van der Waals surface area contributed by atoms with Gasteiger partial charge < -0.3 is 19.3 Å². The molecule has 112 valence electrons. The van der Waals surface area contributed by atoms with Crippen LogP contribution in [-0.4, -0.2) is 37.3 Å². The Bertz CT molecular complexity index is 381. The highest BCUT2D eigenvalue weighted by molar-refractivity contribution is 5.13. The molecule has 1 aromatic carbocycles. The van der Waals surface area contributed by atoms with Gasteiger partial charge in [0.1, 0.15) is 0 Å². The zero-order chi connectivity index (χ0) is 14.4. The Morgan fingerprint density at radius 2 is 2.05 bits per heavy atom. The average molecular weight is 280 g/mol. The molecule has 0 radical (unpaired) electrons. The number of ether oxygens (including phenoxy) is 3. The van der Waals surface area contributed by atoms with E-state index in [1.54, 1.807) is 7.11 Å². The maximum atomic E-state index is 9.13. The molecule has 1 N–H and O–H groups in total. The minimum absolute atomic E-state index is 0.0144. The van der Waals surface area contributed by atoms with Crippen molar-refractivity contribution in [2.24, 2.45) is 5.92 Å². The Labute approximate surface area is 120 Å². The first-order valence-corrected chi connectivity index (χ1v) is 7.19. The molecule has 4 nitrogen and oxygen atoms in total. The summed E-state index contributed by atoms with van der Waals surface area (Å²) in [5.41, 5.74) is 1.17. The lowest BCUT2D eigenvalue weighted by molar-refractivity contribution is -0.235. The smallest absolute Gasteiger partial charge is 0.160 e. The molecule has 1 fully saturated rings. The third-order valence-electron chi connectivity index (χ3n) is 3.91. The zero-order valence-corrected chi connectivity index (χ0v) is 12.2. The summed E-state index contributed by atoms with van der Waals surface area (Å²) in [7, 11) is 1.64. The molecule has 0 bridgehead atoms. The van der Waals surface area contributed by atoms with E-state index in [1.165, 1.54) is 5.56 Å². The molecule has 2 rings (SSSR count). The summed E-state index contributed by atoms with van der Waals surface area (Å²) in [6, 6.07) is 10.1. The van der Waals surface area contributed by atoms with Gasteiger partial charge in [-0.1, -0.05) is 37.3 Å². The molecule has 0 aromatic heterocycles. The number of methoxy groups -OCH3 is 1. The highest BCUT2D eigenvalue weighted by Gasteiger charge is 2.36. The van der Waals surface area contributed by atoms with Crippen LogP contribution < -0.4 is 0 Å². The number of rotatable bonds is 6. The summed E-state index contributed by atoms with van der Waals surface area (Å²) >= 11 is 0. The molecule has 0 spiro atoms. The molecule has 4 atom stereocenters. The van der Waals surface area contributed by atoms with Crippen molar-refractivity contribution in [3.8, 4) is 0 Å². The lowest BCUT2D eigenvalue weighted by Gasteiger charge is -2.39. The van der Waals surface area contributed by atoms with Crippen molar-refractivity contribution in [2.75, 3.05) is 13.7 Å². The van der Waals surface area contributed by atoms with Crippen molar-refractivity contribution in [3.63, 3.8) is 0 Å². The number of hydrogen-bond donors (Lipinski definition) is 1. The number of aliphatic hydroxyl groups is 1. The maximum absolute atomic E-state index is 9.13. The van der Waals surface area contributed by atoms with E-state index in [4.69, 9.17) is 19.3 Å². The van der Waals surface area contributed by atoms with E-state index in [9.17, 15) is 0 Å². The van der Waals surface area contributed by atoms with Gasteiger partial charge in [-0.15, -0.1) is 0 Å². The van der Waals surface area contributed by atoms with Crippen molar-refractivity contribution >= 4 is 0 Å². The van der Waals surface area contributed by atoms with E-state index in [2.05, 4.69) is 19.1 Å². The van der Waals surface area contributed by atoms with Crippen LogP contribution in [0.3, 0.4) is 0 Å². The molecular formula is C16H24O4. The monoisotopic (exact) mass is 280 g/mol. The highest BCUT2D eigenvalue weighted by Crippen LogP contribution is 2.30. The first-order chi connectivity index (χ1) is 9.74. The van der Waals surface area contributed by atoms with Crippen LogP contribution in [0.5, 0.6) is 0 Å². The summed E-state index contributed by atoms with van der Waals surface area (Å²) in [4.78, 5) is 0. The van der Waals surface area contributed by atoms with Crippen LogP contribution in [0.4, 0.5) is 0 Å². The van der Waals surface area contributed by atoms with Gasteiger partial charge in [0, 0.05) is 26.1 Å². The normalized spacial score (nSPS) is 30.4. The van der Waals surface area contributed by atoms with Crippen molar-refractivity contribution in [1.29, 1.82) is 0 Å². The van der Waals surface area contributed by atoms with Crippen molar-refractivity contribution in [1.82, 2.24) is 0 Å². The molecule has 0 aliphatic carbocycles. The number of hydrogen-bond acceptors (Lipinski definition) is 4. The Hall–Kier alpha value is -0.940. The lowest BCUT2D eigenvalue weighted by atomic mass is 9.90. The second kappa shape index (κ2) is 7.74. The van der Waals surface area contributed by atoms with Crippen LogP contribution in [-0.2, 0) is 20.8 Å². The van der Waals surface area contributed by atoms with Crippen LogP contribution in [0.25, 0.3) is 0 Å². The van der Waals surface area contributed by atoms with Gasteiger partial charge in [0.2, 0.25) is 0 Å². The van der Waals surface area contributed by atoms with Gasteiger partial charge >= 0.3 is 0 Å². The molecule has 0 amide bonds. The van der Waals surface area contributed by atoms with E-state index in [1.807, 2.05) is 18.2 Å². The van der Waals surface area contributed by atoms with E-state index >= 15 is 0 Å². The Balaban J connectivity index is 1.94. The fourth-order valence-electron chi connectivity index (χ4n) is 2.63. The Morgan fingerprint density at radius 1 is 1.30 bits per heavy atom. The number of aliphatic hydroxyl groups excluding tert-OH is 1. The molecule has 20 heavy (non-hydrogen) atoms. The van der Waals surface area contributed by atoms with Crippen LogP contribution in [0.15, 0.2) is 30.3 Å². The summed E-state index contributed by atoms with van der Waals surface area (Å²) < 4.78 is 17.2. The van der Waals surface area contributed by atoms with Crippen molar-refractivity contribution in [3.05, 3.63) is 35.9 Å². The standard InChI is InChI=1S/C16H24O4/c1-12-14(8-9-17)20-16(18-2)10-15(12)19-11-13-6-4-3-5-7-13/h3-7,12,14-17H,8-11H2,1-2H3/t12-,14+,15-,16+/m0/s1.